The fraction of sp³-hybridized carbons (Fsp3) is 0.464. The molecule has 1 aromatic heterocycles. The molecule has 4 atom stereocenters. The van der Waals surface area contributed by atoms with E-state index < -0.39 is 22.6 Å². The van der Waals surface area contributed by atoms with Gasteiger partial charge >= 0.3 is 0 Å². The molecule has 1 fully saturated rings. The van der Waals surface area contributed by atoms with Crippen LogP contribution in [0.5, 0.6) is 11.5 Å². The Morgan fingerprint density at radius 2 is 2.00 bits per heavy atom. The van der Waals surface area contributed by atoms with Crippen LogP contribution in [0.4, 0.5) is 0 Å². The number of aromatic hydroxyl groups is 2. The molecule has 188 valence electrons. The van der Waals surface area contributed by atoms with E-state index in [1.54, 1.807) is 6.08 Å². The van der Waals surface area contributed by atoms with E-state index in [-0.39, 0.29) is 27.2 Å². The van der Waals surface area contributed by atoms with Gasteiger partial charge in [0, 0.05) is 17.2 Å². The molecule has 1 saturated carbocycles. The highest BCUT2D eigenvalue weighted by Gasteiger charge is 2.52. The van der Waals surface area contributed by atoms with E-state index in [0.29, 0.717) is 17.1 Å². The zero-order valence-corrected chi connectivity index (χ0v) is 21.7. The first-order valence-electron chi connectivity index (χ1n) is 12.2. The highest BCUT2D eigenvalue weighted by atomic mass is 32.2. The minimum absolute atomic E-state index is 0.0999. The van der Waals surface area contributed by atoms with E-state index >= 15 is 0 Å². The van der Waals surface area contributed by atoms with Crippen molar-refractivity contribution in [3.63, 3.8) is 0 Å². The zero-order chi connectivity index (χ0) is 25.5. The lowest BCUT2D eigenvalue weighted by molar-refractivity contribution is 0.0507. The lowest BCUT2D eigenvalue weighted by Crippen LogP contribution is -2.44. The maximum Gasteiger partial charge on any atom is 0.194 e. The average molecular weight is 498 g/mol. The number of benzene rings is 1. The van der Waals surface area contributed by atoms with Crippen molar-refractivity contribution in [1.82, 2.24) is 0 Å². The Hall–Kier alpha value is -2.64. The second-order valence-corrected chi connectivity index (χ2v) is 11.5. The van der Waals surface area contributed by atoms with Gasteiger partial charge in [-0.1, -0.05) is 52.0 Å². The molecule has 7 heteroatoms. The highest BCUT2D eigenvalue weighted by molar-refractivity contribution is 7.79. The summed E-state index contributed by atoms with van der Waals surface area (Å²) in [6, 6.07) is 1.48. The standard InChI is InChI=1S/C28H35NO5S/c1-6-8-10-18(7-2)29-16-17-11-12-21-27(3,4)13-9-14-28(21,5)22-19-15-20(30)23(31)26(35(32)33)25(19)34-24(17)22/h6-8,10,15-17,21,30-31H,1,9,11-14H2,2-5H3,(H,32,33)/b10-8-,18-7+,29-16+/t17?,21-,28-/m1/s1. The monoisotopic (exact) mass is 497 g/mol. The predicted octanol–water partition coefficient (Wildman–Crippen LogP) is 7.10. The zero-order valence-electron chi connectivity index (χ0n) is 20.9. The summed E-state index contributed by atoms with van der Waals surface area (Å²) in [7, 11) is 0. The number of allylic oxidation sites excluding steroid dienone is 4. The van der Waals surface area contributed by atoms with Crippen molar-refractivity contribution < 1.29 is 23.4 Å². The van der Waals surface area contributed by atoms with Crippen molar-refractivity contribution in [3.05, 3.63) is 54.0 Å². The molecule has 1 heterocycles. The molecule has 0 bridgehead atoms. The first-order chi connectivity index (χ1) is 16.5. The minimum Gasteiger partial charge on any atom is -0.504 e. The number of hydrogen-bond acceptors (Lipinski definition) is 5. The number of hydrogen-bond donors (Lipinski definition) is 3. The van der Waals surface area contributed by atoms with Gasteiger partial charge in [-0.2, -0.15) is 0 Å². The third-order valence-electron chi connectivity index (χ3n) is 8.10. The molecule has 4 rings (SSSR count). The maximum atomic E-state index is 12.2. The Bertz CT molecular complexity index is 1270. The molecular weight excluding hydrogens is 462 g/mol. The summed E-state index contributed by atoms with van der Waals surface area (Å²) < 4.78 is 28.5. The summed E-state index contributed by atoms with van der Waals surface area (Å²) in [6.07, 6.45) is 14.2. The molecule has 35 heavy (non-hydrogen) atoms. The summed E-state index contributed by atoms with van der Waals surface area (Å²) in [5.41, 5.74) is 1.76. The van der Waals surface area contributed by atoms with Crippen LogP contribution in [0.1, 0.15) is 77.0 Å². The fourth-order valence-electron chi connectivity index (χ4n) is 6.52. The van der Waals surface area contributed by atoms with E-state index in [4.69, 9.17) is 9.41 Å². The molecule has 0 spiro atoms. The quantitative estimate of drug-likeness (QED) is 0.177. The van der Waals surface area contributed by atoms with Gasteiger partial charge in [0.25, 0.3) is 0 Å². The van der Waals surface area contributed by atoms with Gasteiger partial charge in [-0.05, 0) is 61.5 Å². The second-order valence-electron chi connectivity index (χ2n) is 10.6. The van der Waals surface area contributed by atoms with Gasteiger partial charge in [0.05, 0.1) is 11.6 Å². The summed E-state index contributed by atoms with van der Waals surface area (Å²) in [6.45, 7) is 12.5. The topological polar surface area (TPSA) is 103 Å². The first kappa shape index (κ1) is 25.5. The van der Waals surface area contributed by atoms with E-state index in [0.717, 1.165) is 43.4 Å². The van der Waals surface area contributed by atoms with Crippen LogP contribution in [0, 0.1) is 11.3 Å². The molecule has 2 unspecified atom stereocenters. The van der Waals surface area contributed by atoms with Crippen LogP contribution < -0.4 is 0 Å². The van der Waals surface area contributed by atoms with E-state index in [1.807, 2.05) is 31.4 Å². The van der Waals surface area contributed by atoms with Crippen molar-refractivity contribution in [2.45, 2.75) is 76.0 Å². The van der Waals surface area contributed by atoms with Crippen LogP contribution in [0.2, 0.25) is 0 Å². The number of rotatable bonds is 5. The van der Waals surface area contributed by atoms with Crippen LogP contribution in [0.25, 0.3) is 11.0 Å². The molecular formula is C28H35NO5S. The van der Waals surface area contributed by atoms with Crippen molar-refractivity contribution in [1.29, 1.82) is 0 Å². The Kier molecular flexibility index (Phi) is 6.86. The van der Waals surface area contributed by atoms with Crippen molar-refractivity contribution in [3.8, 4) is 11.5 Å². The second kappa shape index (κ2) is 9.43. The van der Waals surface area contributed by atoms with Crippen molar-refractivity contribution in [2.75, 3.05) is 0 Å². The molecule has 0 amide bonds. The molecule has 6 nitrogen and oxygen atoms in total. The molecule has 2 aliphatic rings. The van der Waals surface area contributed by atoms with E-state index in [1.165, 1.54) is 6.07 Å². The van der Waals surface area contributed by atoms with Gasteiger partial charge in [-0.15, -0.1) is 0 Å². The Labute approximate surface area is 209 Å². The SMILES string of the molecule is C=C\C=C/C(=C\C)/N=C/C1CC[C@@H]2C(C)(C)CCC[C@@]2(C)c2c1oc1c(S(=O)O)c(O)c(O)cc21. The lowest BCUT2D eigenvalue weighted by Gasteiger charge is -2.50. The summed E-state index contributed by atoms with van der Waals surface area (Å²) in [5, 5.41) is 21.5. The molecule has 0 saturated heterocycles. The first-order valence-corrected chi connectivity index (χ1v) is 13.3. The van der Waals surface area contributed by atoms with Crippen LogP contribution in [0.15, 0.2) is 57.0 Å². The van der Waals surface area contributed by atoms with Gasteiger partial charge in [0.15, 0.2) is 33.1 Å². The number of nitrogens with zero attached hydrogens (tertiary/aromatic N) is 1. The third-order valence-corrected chi connectivity index (χ3v) is 8.83. The van der Waals surface area contributed by atoms with Gasteiger partial charge in [-0.25, -0.2) is 4.21 Å². The maximum absolute atomic E-state index is 12.2. The average Bonchev–Trinajstić information content (AvgIpc) is 3.10. The molecule has 1 aromatic carbocycles. The van der Waals surface area contributed by atoms with Crippen LogP contribution >= 0.6 is 0 Å². The van der Waals surface area contributed by atoms with Crippen LogP contribution in [-0.2, 0) is 16.5 Å². The van der Waals surface area contributed by atoms with E-state index in [9.17, 15) is 19.0 Å². The molecule has 0 aliphatic heterocycles. The van der Waals surface area contributed by atoms with Gasteiger partial charge < -0.3 is 19.2 Å². The predicted molar refractivity (Wildman–Crippen MR) is 141 cm³/mol. The molecule has 2 aliphatic carbocycles. The van der Waals surface area contributed by atoms with Gasteiger partial charge in [0.2, 0.25) is 0 Å². The largest absolute Gasteiger partial charge is 0.504 e. The van der Waals surface area contributed by atoms with Crippen molar-refractivity contribution >= 4 is 28.3 Å². The van der Waals surface area contributed by atoms with Crippen molar-refractivity contribution in [2.24, 2.45) is 16.3 Å². The number of furan rings is 1. The smallest absolute Gasteiger partial charge is 0.194 e. The number of phenols is 2. The summed E-state index contributed by atoms with van der Waals surface area (Å²) in [5.74, 6) is -0.154. The van der Waals surface area contributed by atoms with E-state index in [2.05, 4.69) is 27.4 Å². The third kappa shape index (κ3) is 4.29. The van der Waals surface area contributed by atoms with Gasteiger partial charge in [-0.3, -0.25) is 4.99 Å². The number of phenolic OH excluding ortho intramolecular Hbond substituents is 2. The molecule has 3 N–H and O–H groups in total. The fourth-order valence-corrected chi connectivity index (χ4v) is 7.10. The summed E-state index contributed by atoms with van der Waals surface area (Å²) >= 11 is -2.54. The minimum atomic E-state index is -2.54. The number of fused-ring (bicyclic) bond motifs is 5. The van der Waals surface area contributed by atoms with Crippen LogP contribution in [0.3, 0.4) is 0 Å². The lowest BCUT2D eigenvalue weighted by atomic mass is 9.53. The Balaban J connectivity index is 2.00. The molecule has 0 radical (unpaired) electrons. The normalized spacial score (nSPS) is 27.6. The summed E-state index contributed by atoms with van der Waals surface area (Å²) in [4.78, 5) is 4.43. The molecule has 2 aromatic rings. The Morgan fingerprint density at radius 1 is 1.26 bits per heavy atom. The number of aliphatic imine (C=N–C) groups is 1. The van der Waals surface area contributed by atoms with Crippen LogP contribution in [-0.4, -0.2) is 25.2 Å². The van der Waals surface area contributed by atoms with Gasteiger partial charge in [0.1, 0.15) is 5.76 Å². The highest BCUT2D eigenvalue weighted by Crippen LogP contribution is 2.60. The Morgan fingerprint density at radius 3 is 2.66 bits per heavy atom.